The van der Waals surface area contributed by atoms with Crippen molar-refractivity contribution in [2.45, 2.75) is 26.2 Å². The Morgan fingerprint density at radius 3 is 2.64 bits per heavy atom. The molecule has 1 aliphatic rings. The highest BCUT2D eigenvalue weighted by atomic mass is 32.1. The number of hydrogen-bond acceptors (Lipinski definition) is 2. The molecule has 1 unspecified atom stereocenters. The smallest absolute Gasteiger partial charge is 0.0136 e. The maximum atomic E-state index is 4.40. The first-order chi connectivity index (χ1) is 5.25. The highest BCUT2D eigenvalue weighted by Crippen LogP contribution is 2.33. The van der Waals surface area contributed by atoms with Crippen LogP contribution in [0.4, 0.5) is 0 Å². The van der Waals surface area contributed by atoms with Gasteiger partial charge in [0.2, 0.25) is 0 Å². The van der Waals surface area contributed by atoms with Crippen molar-refractivity contribution in [1.29, 1.82) is 0 Å². The summed E-state index contributed by atoms with van der Waals surface area (Å²) in [6.45, 7) is 2.21. The van der Waals surface area contributed by atoms with Crippen molar-refractivity contribution >= 4 is 25.3 Å². The van der Waals surface area contributed by atoms with Crippen molar-refractivity contribution in [2.24, 2.45) is 5.92 Å². The number of rotatable bonds is 3. The average molecular weight is 186 g/mol. The molecule has 0 nitrogen and oxygen atoms in total. The topological polar surface area (TPSA) is 0 Å². The molecule has 0 amide bonds. The van der Waals surface area contributed by atoms with Gasteiger partial charge in [0.25, 0.3) is 0 Å². The normalized spacial score (nSPS) is 23.4. The third-order valence-electron chi connectivity index (χ3n) is 1.97. The summed E-state index contributed by atoms with van der Waals surface area (Å²) >= 11 is 8.68. The third-order valence-corrected chi connectivity index (χ3v) is 3.11. The largest absolute Gasteiger partial charge is 0.146 e. The van der Waals surface area contributed by atoms with Crippen LogP contribution in [0.2, 0.25) is 0 Å². The summed E-state index contributed by atoms with van der Waals surface area (Å²) in [5, 5.41) is 0. The van der Waals surface area contributed by atoms with Crippen LogP contribution in [0.15, 0.2) is 22.0 Å². The zero-order chi connectivity index (χ0) is 8.27. The molecule has 0 bridgehead atoms. The van der Waals surface area contributed by atoms with E-state index in [2.05, 4.69) is 38.3 Å². The Morgan fingerprint density at radius 1 is 1.45 bits per heavy atom. The van der Waals surface area contributed by atoms with Gasteiger partial charge in [-0.2, -0.15) is 0 Å². The molecule has 1 rings (SSSR count). The van der Waals surface area contributed by atoms with E-state index in [-0.39, 0.29) is 0 Å². The molecule has 0 saturated carbocycles. The van der Waals surface area contributed by atoms with Crippen molar-refractivity contribution in [3.05, 3.63) is 22.0 Å². The van der Waals surface area contributed by atoms with Crippen LogP contribution in [0.1, 0.15) is 26.2 Å². The molecule has 11 heavy (non-hydrogen) atoms. The van der Waals surface area contributed by atoms with E-state index >= 15 is 0 Å². The van der Waals surface area contributed by atoms with Crippen LogP contribution in [0, 0.1) is 5.92 Å². The van der Waals surface area contributed by atoms with Gasteiger partial charge in [0.05, 0.1) is 0 Å². The summed E-state index contributed by atoms with van der Waals surface area (Å²) in [7, 11) is 0. The minimum atomic E-state index is 0.547. The lowest BCUT2D eigenvalue weighted by molar-refractivity contribution is 0.642. The lowest BCUT2D eigenvalue weighted by Gasteiger charge is -2.07. The molecule has 0 radical (unpaired) electrons. The Labute approximate surface area is 79.6 Å². The fourth-order valence-corrected chi connectivity index (χ4v) is 1.77. The van der Waals surface area contributed by atoms with Gasteiger partial charge < -0.3 is 0 Å². The van der Waals surface area contributed by atoms with Gasteiger partial charge >= 0.3 is 0 Å². The first-order valence-corrected chi connectivity index (χ1v) is 4.95. The molecule has 0 aromatic heterocycles. The second-order valence-corrected chi connectivity index (χ2v) is 3.84. The summed E-state index contributed by atoms with van der Waals surface area (Å²) in [4.78, 5) is 2.18. The first kappa shape index (κ1) is 9.27. The maximum absolute atomic E-state index is 4.40. The molecule has 0 aliphatic heterocycles. The van der Waals surface area contributed by atoms with E-state index in [1.807, 2.05) is 6.08 Å². The molecule has 0 N–H and O–H groups in total. The van der Waals surface area contributed by atoms with Crippen molar-refractivity contribution < 1.29 is 0 Å². The predicted molar refractivity (Wildman–Crippen MR) is 57.2 cm³/mol. The van der Waals surface area contributed by atoms with Gasteiger partial charge in [0.1, 0.15) is 0 Å². The molecule has 0 aromatic rings. The second-order valence-electron chi connectivity index (χ2n) is 2.88. The van der Waals surface area contributed by atoms with Crippen molar-refractivity contribution in [2.75, 3.05) is 0 Å². The molecule has 0 fully saturated rings. The van der Waals surface area contributed by atoms with Gasteiger partial charge in [-0.05, 0) is 6.42 Å². The SMILES string of the molecule is CCCCC1C=CC(S)=C1S. The fraction of sp³-hybridized carbons (Fsp3) is 0.556. The zero-order valence-electron chi connectivity index (χ0n) is 6.75. The van der Waals surface area contributed by atoms with Crippen molar-refractivity contribution in [3.63, 3.8) is 0 Å². The Balaban J connectivity index is 2.44. The summed E-state index contributed by atoms with van der Waals surface area (Å²) < 4.78 is 0. The van der Waals surface area contributed by atoms with Gasteiger partial charge in [-0.1, -0.05) is 31.9 Å². The van der Waals surface area contributed by atoms with E-state index in [1.54, 1.807) is 0 Å². The Bertz CT molecular complexity index is 192. The van der Waals surface area contributed by atoms with Gasteiger partial charge in [-0.25, -0.2) is 0 Å². The molecular weight excluding hydrogens is 172 g/mol. The minimum absolute atomic E-state index is 0.547. The highest BCUT2D eigenvalue weighted by Gasteiger charge is 2.14. The van der Waals surface area contributed by atoms with Crippen LogP contribution in [-0.2, 0) is 0 Å². The predicted octanol–water partition coefficient (Wildman–Crippen LogP) is 3.43. The molecule has 1 aliphatic carbocycles. The molecule has 0 spiro atoms. The molecule has 1 atom stereocenters. The number of thiol groups is 2. The quantitative estimate of drug-likeness (QED) is 0.620. The molecule has 0 saturated heterocycles. The minimum Gasteiger partial charge on any atom is -0.146 e. The summed E-state index contributed by atoms with van der Waals surface area (Å²) in [6.07, 6.45) is 8.00. The molecular formula is C9H14S2. The van der Waals surface area contributed by atoms with Crippen LogP contribution in [-0.4, -0.2) is 0 Å². The van der Waals surface area contributed by atoms with Gasteiger partial charge in [0.15, 0.2) is 0 Å². The lowest BCUT2D eigenvalue weighted by atomic mass is 10.0. The van der Waals surface area contributed by atoms with Gasteiger partial charge in [-0.3, -0.25) is 0 Å². The number of unbranched alkanes of at least 4 members (excludes halogenated alkanes) is 1. The van der Waals surface area contributed by atoms with E-state index in [4.69, 9.17) is 0 Å². The lowest BCUT2D eigenvalue weighted by Crippen LogP contribution is -1.92. The molecule has 2 heteroatoms. The molecule has 0 aromatic carbocycles. The van der Waals surface area contributed by atoms with Crippen LogP contribution >= 0.6 is 25.3 Å². The van der Waals surface area contributed by atoms with Crippen LogP contribution in [0.5, 0.6) is 0 Å². The Morgan fingerprint density at radius 2 is 2.18 bits per heavy atom. The van der Waals surface area contributed by atoms with E-state index in [0.29, 0.717) is 5.92 Å². The number of allylic oxidation sites excluding steroid dienone is 3. The highest BCUT2D eigenvalue weighted by molar-refractivity contribution is 7.88. The molecule has 0 heterocycles. The van der Waals surface area contributed by atoms with Crippen molar-refractivity contribution in [1.82, 2.24) is 0 Å². The van der Waals surface area contributed by atoms with Crippen molar-refractivity contribution in [3.8, 4) is 0 Å². The van der Waals surface area contributed by atoms with Gasteiger partial charge in [-0.15, -0.1) is 25.3 Å². The third kappa shape index (κ3) is 2.31. The van der Waals surface area contributed by atoms with Crippen LogP contribution in [0.25, 0.3) is 0 Å². The molecule has 62 valence electrons. The van der Waals surface area contributed by atoms with Gasteiger partial charge in [0, 0.05) is 15.7 Å². The van der Waals surface area contributed by atoms with E-state index in [1.165, 1.54) is 19.3 Å². The van der Waals surface area contributed by atoms with E-state index in [9.17, 15) is 0 Å². The Hall–Kier alpha value is 0.180. The first-order valence-electron chi connectivity index (χ1n) is 4.06. The van der Waals surface area contributed by atoms with E-state index in [0.717, 1.165) is 9.81 Å². The zero-order valence-corrected chi connectivity index (χ0v) is 8.54. The monoisotopic (exact) mass is 186 g/mol. The number of hydrogen-bond donors (Lipinski definition) is 2. The summed E-state index contributed by atoms with van der Waals surface area (Å²) in [6, 6.07) is 0. The maximum Gasteiger partial charge on any atom is 0.0136 e. The second kappa shape index (κ2) is 4.27. The standard InChI is InChI=1S/C9H14S2/c1-2-3-4-7-5-6-8(10)9(7)11/h5-7,10-11H,2-4H2,1H3. The summed E-state index contributed by atoms with van der Waals surface area (Å²) in [5.74, 6) is 0.547. The van der Waals surface area contributed by atoms with Crippen LogP contribution < -0.4 is 0 Å². The average Bonchev–Trinajstić information content (AvgIpc) is 2.31. The van der Waals surface area contributed by atoms with Crippen LogP contribution in [0.3, 0.4) is 0 Å². The fourth-order valence-electron chi connectivity index (χ4n) is 1.23. The van der Waals surface area contributed by atoms with E-state index < -0.39 is 0 Å². The Kier molecular flexibility index (Phi) is 3.60. The summed E-state index contributed by atoms with van der Waals surface area (Å²) in [5.41, 5.74) is 0.